The first-order valence-corrected chi connectivity index (χ1v) is 7.58. The molecule has 1 saturated carbocycles. The number of hydrogen-bond acceptors (Lipinski definition) is 3. The molecule has 1 amide bonds. The average Bonchev–Trinajstić information content (AvgIpc) is 2.31. The maximum Gasteiger partial charge on any atom is 0.307 e. The number of amides is 1. The molecule has 4 heteroatoms. The predicted octanol–water partition coefficient (Wildman–Crippen LogP) is 2.90. The van der Waals surface area contributed by atoms with Crippen molar-refractivity contribution in [1.29, 1.82) is 0 Å². The highest BCUT2D eigenvalue weighted by atomic mass is 16.5. The third kappa shape index (κ3) is 6.08. The van der Waals surface area contributed by atoms with Crippen molar-refractivity contribution in [3.63, 3.8) is 0 Å². The smallest absolute Gasteiger partial charge is 0.307 e. The molecule has 0 bridgehead atoms. The monoisotopic (exact) mass is 269 g/mol. The minimum Gasteiger partial charge on any atom is -0.466 e. The van der Waals surface area contributed by atoms with Crippen LogP contribution in [0.5, 0.6) is 0 Å². The summed E-state index contributed by atoms with van der Waals surface area (Å²) in [5.41, 5.74) is 0. The molecular formula is C15H27NO3. The highest BCUT2D eigenvalue weighted by Crippen LogP contribution is 2.21. The van der Waals surface area contributed by atoms with E-state index in [1.54, 1.807) is 13.8 Å². The molecule has 0 aromatic carbocycles. The Bertz CT molecular complexity index is 283. The van der Waals surface area contributed by atoms with Crippen LogP contribution in [-0.4, -0.2) is 36.0 Å². The Morgan fingerprint density at radius 3 is 2.21 bits per heavy atom. The summed E-state index contributed by atoms with van der Waals surface area (Å²) in [5, 5.41) is 0. The van der Waals surface area contributed by atoms with Gasteiger partial charge in [-0.3, -0.25) is 9.59 Å². The van der Waals surface area contributed by atoms with Gasteiger partial charge in [-0.1, -0.05) is 32.1 Å². The van der Waals surface area contributed by atoms with Gasteiger partial charge in [0, 0.05) is 19.5 Å². The third-order valence-electron chi connectivity index (χ3n) is 3.78. The number of carbonyl (C=O) groups excluding carboxylic acids is 2. The lowest BCUT2D eigenvalue weighted by molar-refractivity contribution is -0.144. The normalized spacial score (nSPS) is 17.4. The highest BCUT2D eigenvalue weighted by molar-refractivity contribution is 5.75. The van der Waals surface area contributed by atoms with Crippen molar-refractivity contribution in [2.45, 2.75) is 71.3 Å². The minimum absolute atomic E-state index is 0.0786. The molecule has 0 N–H and O–H groups in total. The minimum atomic E-state index is -0.209. The topological polar surface area (TPSA) is 46.6 Å². The van der Waals surface area contributed by atoms with Crippen molar-refractivity contribution < 1.29 is 14.3 Å². The number of nitrogens with zero attached hydrogens (tertiary/aromatic N) is 1. The summed E-state index contributed by atoms with van der Waals surface area (Å²) in [4.78, 5) is 25.1. The summed E-state index contributed by atoms with van der Waals surface area (Å²) >= 11 is 0. The maximum absolute atomic E-state index is 11.8. The third-order valence-corrected chi connectivity index (χ3v) is 3.78. The van der Waals surface area contributed by atoms with Crippen molar-refractivity contribution in [1.82, 2.24) is 4.90 Å². The average molecular weight is 269 g/mol. The van der Waals surface area contributed by atoms with E-state index in [2.05, 4.69) is 0 Å². The van der Waals surface area contributed by atoms with Crippen LogP contribution in [0.3, 0.4) is 0 Å². The van der Waals surface area contributed by atoms with Crippen molar-refractivity contribution in [3.8, 4) is 0 Å². The molecule has 0 spiro atoms. The first-order valence-electron chi connectivity index (χ1n) is 7.58. The second-order valence-corrected chi connectivity index (χ2v) is 5.27. The molecule has 1 aliphatic rings. The summed E-state index contributed by atoms with van der Waals surface area (Å²) in [6, 6.07) is 0.312. The number of ether oxygens (including phenoxy) is 1. The molecule has 1 fully saturated rings. The van der Waals surface area contributed by atoms with E-state index in [0.29, 0.717) is 25.6 Å². The molecule has 0 saturated heterocycles. The Balaban J connectivity index is 2.49. The zero-order chi connectivity index (χ0) is 14.1. The molecule has 0 unspecified atom stereocenters. The van der Waals surface area contributed by atoms with Gasteiger partial charge in [-0.2, -0.15) is 0 Å². The Labute approximate surface area is 116 Å². The van der Waals surface area contributed by atoms with Crippen LogP contribution in [0.15, 0.2) is 0 Å². The van der Waals surface area contributed by atoms with Crippen molar-refractivity contribution in [3.05, 3.63) is 0 Å². The van der Waals surface area contributed by atoms with Crippen LogP contribution in [0, 0.1) is 0 Å². The van der Waals surface area contributed by atoms with Crippen LogP contribution in [-0.2, 0) is 14.3 Å². The van der Waals surface area contributed by atoms with Crippen LogP contribution in [0.4, 0.5) is 0 Å². The number of hydrogen-bond donors (Lipinski definition) is 0. The van der Waals surface area contributed by atoms with Gasteiger partial charge in [-0.15, -0.1) is 0 Å². The number of rotatable bonds is 5. The van der Waals surface area contributed by atoms with Crippen LogP contribution >= 0.6 is 0 Å². The zero-order valence-corrected chi connectivity index (χ0v) is 12.3. The van der Waals surface area contributed by atoms with Gasteiger partial charge < -0.3 is 9.64 Å². The first-order chi connectivity index (χ1) is 9.15. The molecular weight excluding hydrogens is 242 g/mol. The van der Waals surface area contributed by atoms with Crippen LogP contribution in [0.2, 0.25) is 0 Å². The second-order valence-electron chi connectivity index (χ2n) is 5.27. The SMILES string of the molecule is CCOC(=O)CCN(C(C)=O)C1CCCCCCC1. The van der Waals surface area contributed by atoms with Gasteiger partial charge in [0.15, 0.2) is 0 Å². The Morgan fingerprint density at radius 2 is 1.68 bits per heavy atom. The van der Waals surface area contributed by atoms with Gasteiger partial charge in [-0.05, 0) is 19.8 Å². The fourth-order valence-electron chi connectivity index (χ4n) is 2.79. The molecule has 19 heavy (non-hydrogen) atoms. The van der Waals surface area contributed by atoms with Crippen LogP contribution in [0.25, 0.3) is 0 Å². The summed E-state index contributed by atoms with van der Waals surface area (Å²) in [6.45, 7) is 4.31. The lowest BCUT2D eigenvalue weighted by Gasteiger charge is -2.32. The molecule has 0 heterocycles. The lowest BCUT2D eigenvalue weighted by Crippen LogP contribution is -2.40. The van der Waals surface area contributed by atoms with E-state index < -0.39 is 0 Å². The molecule has 110 valence electrons. The van der Waals surface area contributed by atoms with Gasteiger partial charge in [0.1, 0.15) is 0 Å². The van der Waals surface area contributed by atoms with Crippen molar-refractivity contribution >= 4 is 11.9 Å². The van der Waals surface area contributed by atoms with Crippen LogP contribution < -0.4 is 0 Å². The first kappa shape index (κ1) is 16.0. The fourth-order valence-corrected chi connectivity index (χ4v) is 2.79. The second kappa shape index (κ2) is 8.94. The van der Waals surface area contributed by atoms with Crippen molar-refractivity contribution in [2.75, 3.05) is 13.2 Å². The Morgan fingerprint density at radius 1 is 1.11 bits per heavy atom. The van der Waals surface area contributed by atoms with E-state index in [0.717, 1.165) is 12.8 Å². The van der Waals surface area contributed by atoms with Gasteiger partial charge in [0.2, 0.25) is 5.91 Å². The summed E-state index contributed by atoms with van der Waals surface area (Å²) in [6.07, 6.45) is 8.67. The predicted molar refractivity (Wildman–Crippen MR) is 74.7 cm³/mol. The number of esters is 1. The molecule has 0 aromatic heterocycles. The maximum atomic E-state index is 11.8. The van der Waals surface area contributed by atoms with E-state index in [1.807, 2.05) is 4.90 Å². The van der Waals surface area contributed by atoms with E-state index in [4.69, 9.17) is 4.74 Å². The van der Waals surface area contributed by atoms with Gasteiger partial charge in [0.25, 0.3) is 0 Å². The molecule has 1 rings (SSSR count). The largest absolute Gasteiger partial charge is 0.466 e. The Hall–Kier alpha value is -1.06. The molecule has 0 radical (unpaired) electrons. The van der Waals surface area contributed by atoms with E-state index >= 15 is 0 Å². The van der Waals surface area contributed by atoms with E-state index in [-0.39, 0.29) is 11.9 Å². The molecule has 0 atom stereocenters. The van der Waals surface area contributed by atoms with Gasteiger partial charge >= 0.3 is 5.97 Å². The summed E-state index contributed by atoms with van der Waals surface area (Å²) in [5.74, 6) is -0.130. The van der Waals surface area contributed by atoms with E-state index in [1.165, 1.54) is 32.1 Å². The fraction of sp³-hybridized carbons (Fsp3) is 0.867. The highest BCUT2D eigenvalue weighted by Gasteiger charge is 2.22. The summed E-state index contributed by atoms with van der Waals surface area (Å²) < 4.78 is 4.93. The quantitative estimate of drug-likeness (QED) is 0.721. The lowest BCUT2D eigenvalue weighted by atomic mass is 9.95. The van der Waals surface area contributed by atoms with Crippen LogP contribution in [0.1, 0.15) is 65.2 Å². The molecule has 1 aliphatic carbocycles. The Kier molecular flexibility index (Phi) is 7.53. The van der Waals surface area contributed by atoms with Gasteiger partial charge in [0.05, 0.1) is 13.0 Å². The summed E-state index contributed by atoms with van der Waals surface area (Å²) in [7, 11) is 0. The van der Waals surface area contributed by atoms with Crippen molar-refractivity contribution in [2.24, 2.45) is 0 Å². The zero-order valence-electron chi connectivity index (χ0n) is 12.3. The van der Waals surface area contributed by atoms with E-state index in [9.17, 15) is 9.59 Å². The van der Waals surface area contributed by atoms with Gasteiger partial charge in [-0.25, -0.2) is 0 Å². The molecule has 0 aliphatic heterocycles. The standard InChI is InChI=1S/C15H27NO3/c1-3-19-15(18)11-12-16(13(2)17)14-9-7-5-4-6-8-10-14/h14H,3-12H2,1-2H3. The molecule has 4 nitrogen and oxygen atoms in total. The number of carbonyl (C=O) groups is 2. The molecule has 0 aromatic rings.